The van der Waals surface area contributed by atoms with E-state index in [4.69, 9.17) is 0 Å². The number of rotatable bonds is 5. The van der Waals surface area contributed by atoms with Gasteiger partial charge in [0.15, 0.2) is 11.6 Å². The lowest BCUT2D eigenvalue weighted by Gasteiger charge is -2.20. The van der Waals surface area contributed by atoms with E-state index in [1.807, 2.05) is 47.5 Å². The second-order valence-corrected chi connectivity index (χ2v) is 6.86. The maximum atomic E-state index is 12.1. The van der Waals surface area contributed by atoms with E-state index in [0.717, 1.165) is 43.4 Å². The second-order valence-electron chi connectivity index (χ2n) is 6.86. The molecule has 0 spiro atoms. The first-order chi connectivity index (χ1) is 12.6. The van der Waals surface area contributed by atoms with Crippen LogP contribution < -0.4 is 10.6 Å². The van der Waals surface area contributed by atoms with Gasteiger partial charge in [0.05, 0.1) is 0 Å². The SMILES string of the molecule is CN=C(NCCc1nnc2ccccn12)NC1CCN(C(=O)C(C)C)C1.I. The third kappa shape index (κ3) is 5.30. The standard InChI is InChI=1S/C18H27N7O.HI/c1-13(2)17(26)24-11-8-14(12-24)21-18(19-3)20-9-7-16-23-22-15-6-4-5-10-25(15)16;/h4-6,10,13-14H,7-9,11-12H2,1-3H3,(H2,19,20,21);1H. The van der Waals surface area contributed by atoms with Crippen molar-refractivity contribution in [2.24, 2.45) is 10.9 Å². The number of halogens is 1. The molecule has 1 amide bonds. The minimum Gasteiger partial charge on any atom is -0.356 e. The molecule has 9 heteroatoms. The lowest BCUT2D eigenvalue weighted by atomic mass is 10.2. The monoisotopic (exact) mass is 485 g/mol. The van der Waals surface area contributed by atoms with E-state index in [0.29, 0.717) is 6.54 Å². The first-order valence-electron chi connectivity index (χ1n) is 9.13. The Morgan fingerprint density at radius 2 is 2.19 bits per heavy atom. The zero-order valence-corrected chi connectivity index (χ0v) is 18.4. The van der Waals surface area contributed by atoms with Gasteiger partial charge in [-0.3, -0.25) is 14.2 Å². The van der Waals surface area contributed by atoms with Crippen molar-refractivity contribution >= 4 is 41.5 Å². The van der Waals surface area contributed by atoms with E-state index in [2.05, 4.69) is 25.8 Å². The molecule has 3 heterocycles. The molecule has 1 unspecified atom stereocenters. The number of guanidine groups is 1. The Balaban J connectivity index is 0.00000261. The molecule has 1 aliphatic heterocycles. The molecule has 0 radical (unpaired) electrons. The number of pyridine rings is 1. The van der Waals surface area contributed by atoms with Crippen LogP contribution in [-0.2, 0) is 11.2 Å². The Morgan fingerprint density at radius 3 is 2.93 bits per heavy atom. The highest BCUT2D eigenvalue weighted by Crippen LogP contribution is 2.12. The van der Waals surface area contributed by atoms with E-state index in [1.165, 1.54) is 0 Å². The van der Waals surface area contributed by atoms with Gasteiger partial charge in [-0.25, -0.2) is 0 Å². The number of amides is 1. The number of nitrogens with zero attached hydrogens (tertiary/aromatic N) is 5. The van der Waals surface area contributed by atoms with E-state index in [1.54, 1.807) is 7.05 Å². The molecule has 0 aliphatic carbocycles. The highest BCUT2D eigenvalue weighted by Gasteiger charge is 2.27. The third-order valence-electron chi connectivity index (χ3n) is 4.58. The lowest BCUT2D eigenvalue weighted by molar-refractivity contribution is -0.133. The van der Waals surface area contributed by atoms with Crippen molar-refractivity contribution < 1.29 is 4.79 Å². The van der Waals surface area contributed by atoms with Crippen LogP contribution in [0.4, 0.5) is 0 Å². The van der Waals surface area contributed by atoms with E-state index < -0.39 is 0 Å². The smallest absolute Gasteiger partial charge is 0.225 e. The number of carbonyl (C=O) groups is 1. The summed E-state index contributed by atoms with van der Waals surface area (Å²) in [4.78, 5) is 18.3. The maximum Gasteiger partial charge on any atom is 0.225 e. The van der Waals surface area contributed by atoms with Crippen molar-refractivity contribution in [2.45, 2.75) is 32.7 Å². The van der Waals surface area contributed by atoms with Crippen molar-refractivity contribution in [3.8, 4) is 0 Å². The van der Waals surface area contributed by atoms with Crippen LogP contribution in [0.3, 0.4) is 0 Å². The number of hydrogen-bond donors (Lipinski definition) is 2. The second kappa shape index (κ2) is 9.86. The van der Waals surface area contributed by atoms with Gasteiger partial charge >= 0.3 is 0 Å². The molecule has 3 rings (SSSR count). The van der Waals surface area contributed by atoms with Crippen LogP contribution in [0.5, 0.6) is 0 Å². The van der Waals surface area contributed by atoms with E-state index in [9.17, 15) is 4.79 Å². The van der Waals surface area contributed by atoms with Crippen LogP contribution in [0.2, 0.25) is 0 Å². The molecular formula is C18H28IN7O. The van der Waals surface area contributed by atoms with Crippen molar-refractivity contribution in [1.82, 2.24) is 30.1 Å². The molecule has 0 bridgehead atoms. The summed E-state index contributed by atoms with van der Waals surface area (Å²) in [6.07, 6.45) is 3.65. The summed E-state index contributed by atoms with van der Waals surface area (Å²) in [6, 6.07) is 6.09. The summed E-state index contributed by atoms with van der Waals surface area (Å²) in [6.45, 7) is 6.12. The van der Waals surface area contributed by atoms with E-state index in [-0.39, 0.29) is 41.8 Å². The van der Waals surface area contributed by atoms with Crippen LogP contribution in [0.15, 0.2) is 29.4 Å². The topological polar surface area (TPSA) is 86.9 Å². The Hall–Kier alpha value is -1.91. The molecule has 2 aromatic heterocycles. The molecule has 2 aromatic rings. The quantitative estimate of drug-likeness (QED) is 0.379. The van der Waals surface area contributed by atoms with Crippen molar-refractivity contribution in [2.75, 3.05) is 26.7 Å². The number of aliphatic imine (C=N–C) groups is 1. The van der Waals surface area contributed by atoms with Crippen molar-refractivity contribution in [1.29, 1.82) is 0 Å². The van der Waals surface area contributed by atoms with Crippen molar-refractivity contribution in [3.63, 3.8) is 0 Å². The third-order valence-corrected chi connectivity index (χ3v) is 4.58. The fraction of sp³-hybridized carbons (Fsp3) is 0.556. The molecular weight excluding hydrogens is 457 g/mol. The van der Waals surface area contributed by atoms with Crippen LogP contribution >= 0.6 is 24.0 Å². The molecule has 0 saturated carbocycles. The van der Waals surface area contributed by atoms with Gasteiger partial charge in [0.25, 0.3) is 0 Å². The average molecular weight is 485 g/mol. The minimum absolute atomic E-state index is 0. The molecule has 0 aromatic carbocycles. The summed E-state index contributed by atoms with van der Waals surface area (Å²) in [5.41, 5.74) is 0.853. The number of hydrogen-bond acceptors (Lipinski definition) is 4. The summed E-state index contributed by atoms with van der Waals surface area (Å²) >= 11 is 0. The van der Waals surface area contributed by atoms with Gasteiger partial charge < -0.3 is 15.5 Å². The van der Waals surface area contributed by atoms with Gasteiger partial charge in [0.1, 0.15) is 5.82 Å². The Kier molecular flexibility index (Phi) is 7.81. The zero-order chi connectivity index (χ0) is 18.5. The maximum absolute atomic E-state index is 12.1. The van der Waals surface area contributed by atoms with Gasteiger partial charge in [-0.05, 0) is 18.6 Å². The van der Waals surface area contributed by atoms with Crippen LogP contribution in [0.1, 0.15) is 26.1 Å². The Bertz CT molecular complexity index is 789. The predicted molar refractivity (Wildman–Crippen MR) is 116 cm³/mol. The fourth-order valence-corrected chi connectivity index (χ4v) is 3.19. The Labute approximate surface area is 176 Å². The minimum atomic E-state index is 0. The molecule has 1 atom stereocenters. The van der Waals surface area contributed by atoms with Crippen molar-refractivity contribution in [3.05, 3.63) is 30.2 Å². The van der Waals surface area contributed by atoms with Crippen LogP contribution in [0, 0.1) is 5.92 Å². The predicted octanol–water partition coefficient (Wildman–Crippen LogP) is 1.31. The summed E-state index contributed by atoms with van der Waals surface area (Å²) in [7, 11) is 1.76. The molecule has 27 heavy (non-hydrogen) atoms. The number of carbonyl (C=O) groups excluding carboxylic acids is 1. The summed E-state index contributed by atoms with van der Waals surface area (Å²) in [5.74, 6) is 1.93. The first-order valence-corrected chi connectivity index (χ1v) is 9.13. The van der Waals surface area contributed by atoms with Gasteiger partial charge in [-0.1, -0.05) is 19.9 Å². The molecule has 1 aliphatic rings. The van der Waals surface area contributed by atoms with Gasteiger partial charge in [-0.2, -0.15) is 0 Å². The van der Waals surface area contributed by atoms with Crippen LogP contribution in [0.25, 0.3) is 5.65 Å². The molecule has 8 nitrogen and oxygen atoms in total. The lowest BCUT2D eigenvalue weighted by Crippen LogP contribution is -2.45. The molecule has 1 fully saturated rings. The van der Waals surface area contributed by atoms with Gasteiger partial charge in [0, 0.05) is 51.3 Å². The normalized spacial score (nSPS) is 17.3. The van der Waals surface area contributed by atoms with Gasteiger partial charge in [-0.15, -0.1) is 34.2 Å². The molecule has 148 valence electrons. The molecule has 1 saturated heterocycles. The van der Waals surface area contributed by atoms with Crippen LogP contribution in [-0.4, -0.2) is 64.1 Å². The average Bonchev–Trinajstić information content (AvgIpc) is 3.27. The van der Waals surface area contributed by atoms with Gasteiger partial charge in [0.2, 0.25) is 5.91 Å². The molecule has 2 N–H and O–H groups in total. The highest BCUT2D eigenvalue weighted by molar-refractivity contribution is 14.0. The highest BCUT2D eigenvalue weighted by atomic mass is 127. The zero-order valence-electron chi connectivity index (χ0n) is 16.1. The Morgan fingerprint density at radius 1 is 1.37 bits per heavy atom. The number of nitrogens with one attached hydrogen (secondary N) is 2. The first kappa shape index (κ1) is 21.4. The fourth-order valence-electron chi connectivity index (χ4n) is 3.19. The number of fused-ring (bicyclic) bond motifs is 1. The largest absolute Gasteiger partial charge is 0.356 e. The number of aromatic nitrogens is 3. The number of likely N-dealkylation sites (tertiary alicyclic amines) is 1. The summed E-state index contributed by atoms with van der Waals surface area (Å²) < 4.78 is 1.99. The summed E-state index contributed by atoms with van der Waals surface area (Å²) in [5, 5.41) is 15.1. The van der Waals surface area contributed by atoms with E-state index >= 15 is 0 Å².